The number of phenolic OH excluding ortho intramolecular Hbond substituents is 1. The third-order valence-electron chi connectivity index (χ3n) is 4.57. The zero-order valence-corrected chi connectivity index (χ0v) is 14.9. The highest BCUT2D eigenvalue weighted by Gasteiger charge is 2.29. The molecular weight excluding hydrogens is 332 g/mol. The fourth-order valence-corrected chi connectivity index (χ4v) is 3.00. The van der Waals surface area contributed by atoms with Gasteiger partial charge in [-0.3, -0.25) is 4.79 Å². The molecule has 0 aromatic heterocycles. The van der Waals surface area contributed by atoms with Gasteiger partial charge in [-0.1, -0.05) is 24.3 Å². The molecule has 2 aromatic rings. The fraction of sp³-hybridized carbons (Fsp3) is 0.286. The van der Waals surface area contributed by atoms with Gasteiger partial charge in [0.05, 0.1) is 25.2 Å². The number of carbonyl (C=O) groups excluding carboxylic acids is 1. The molecule has 1 aliphatic heterocycles. The molecule has 5 nitrogen and oxygen atoms in total. The van der Waals surface area contributed by atoms with Crippen molar-refractivity contribution in [1.82, 2.24) is 0 Å². The highest BCUT2D eigenvalue weighted by Crippen LogP contribution is 2.39. The highest BCUT2D eigenvalue weighted by molar-refractivity contribution is 6.00. The molecule has 2 aromatic carbocycles. The third-order valence-corrected chi connectivity index (χ3v) is 4.57. The van der Waals surface area contributed by atoms with E-state index in [9.17, 15) is 15.0 Å². The van der Waals surface area contributed by atoms with E-state index in [0.29, 0.717) is 29.1 Å². The first-order chi connectivity index (χ1) is 12.4. The molecule has 1 heterocycles. The van der Waals surface area contributed by atoms with Gasteiger partial charge in [0.15, 0.2) is 5.78 Å². The summed E-state index contributed by atoms with van der Waals surface area (Å²) in [6.45, 7) is 5.51. The number of methoxy groups -OCH3 is 1. The van der Waals surface area contributed by atoms with Crippen molar-refractivity contribution in [1.29, 1.82) is 0 Å². The number of fused-ring (bicyclic) bond motifs is 1. The van der Waals surface area contributed by atoms with Crippen LogP contribution in [0, 0.1) is 0 Å². The zero-order chi connectivity index (χ0) is 18.8. The number of ketones is 1. The van der Waals surface area contributed by atoms with Crippen LogP contribution in [0.15, 0.2) is 48.6 Å². The Morgan fingerprint density at radius 1 is 1.35 bits per heavy atom. The summed E-state index contributed by atoms with van der Waals surface area (Å²) in [6.07, 6.45) is -0.578. The van der Waals surface area contributed by atoms with E-state index in [-0.39, 0.29) is 18.0 Å². The van der Waals surface area contributed by atoms with E-state index < -0.39 is 12.2 Å². The summed E-state index contributed by atoms with van der Waals surface area (Å²) in [5.74, 6) is 1.16. The Morgan fingerprint density at radius 3 is 2.65 bits per heavy atom. The fourth-order valence-electron chi connectivity index (χ4n) is 3.00. The van der Waals surface area contributed by atoms with Crippen LogP contribution < -0.4 is 9.47 Å². The molecule has 0 saturated heterocycles. The number of aromatic hydroxyl groups is 1. The first-order valence-electron chi connectivity index (χ1n) is 8.42. The summed E-state index contributed by atoms with van der Waals surface area (Å²) < 4.78 is 11.4. The molecule has 0 fully saturated rings. The summed E-state index contributed by atoms with van der Waals surface area (Å²) in [4.78, 5) is 12.7. The highest BCUT2D eigenvalue weighted by atomic mass is 16.5. The van der Waals surface area contributed by atoms with Crippen LogP contribution in [0.4, 0.5) is 0 Å². The van der Waals surface area contributed by atoms with Gasteiger partial charge in [-0.15, -0.1) is 0 Å². The molecule has 0 spiro atoms. The number of Topliss-reactive ketones (excluding diaryl/α,β-unsaturated/α-hetero) is 1. The molecule has 1 aliphatic rings. The molecule has 2 N–H and O–H groups in total. The van der Waals surface area contributed by atoms with Gasteiger partial charge in [-0.05, 0) is 36.2 Å². The molecule has 136 valence electrons. The van der Waals surface area contributed by atoms with Gasteiger partial charge in [0, 0.05) is 12.5 Å². The molecular formula is C21H22O5. The van der Waals surface area contributed by atoms with Crippen molar-refractivity contribution >= 4 is 5.78 Å². The number of rotatable bonds is 5. The number of ether oxygens (including phenoxy) is 2. The first-order valence-corrected chi connectivity index (χ1v) is 8.42. The monoisotopic (exact) mass is 354 g/mol. The number of aliphatic hydroxyl groups excluding tert-OH is 1. The Morgan fingerprint density at radius 2 is 2.04 bits per heavy atom. The van der Waals surface area contributed by atoms with Crippen LogP contribution in [0.25, 0.3) is 0 Å². The van der Waals surface area contributed by atoms with E-state index in [1.54, 1.807) is 50.4 Å². The van der Waals surface area contributed by atoms with E-state index in [4.69, 9.17) is 9.47 Å². The largest absolute Gasteiger partial charge is 0.508 e. The summed E-state index contributed by atoms with van der Waals surface area (Å²) in [5.41, 5.74) is 2.70. The Labute approximate surface area is 152 Å². The van der Waals surface area contributed by atoms with Crippen LogP contribution in [0.3, 0.4) is 0 Å². The van der Waals surface area contributed by atoms with Gasteiger partial charge in [0.1, 0.15) is 23.4 Å². The lowest BCUT2D eigenvalue weighted by Crippen LogP contribution is -2.21. The van der Waals surface area contributed by atoms with Crippen LogP contribution in [0.5, 0.6) is 17.2 Å². The van der Waals surface area contributed by atoms with E-state index in [0.717, 1.165) is 11.1 Å². The molecule has 0 aliphatic carbocycles. The Hall–Kier alpha value is -2.79. The first kappa shape index (κ1) is 18.0. The van der Waals surface area contributed by atoms with E-state index in [1.807, 2.05) is 0 Å². The van der Waals surface area contributed by atoms with Gasteiger partial charge in [-0.25, -0.2) is 0 Å². The summed E-state index contributed by atoms with van der Waals surface area (Å²) in [7, 11) is 1.54. The van der Waals surface area contributed by atoms with E-state index in [2.05, 4.69) is 6.58 Å². The quantitative estimate of drug-likeness (QED) is 0.803. The molecule has 2 atom stereocenters. The Bertz CT molecular complexity index is 838. The van der Waals surface area contributed by atoms with Gasteiger partial charge >= 0.3 is 0 Å². The van der Waals surface area contributed by atoms with E-state index >= 15 is 0 Å². The smallest absolute Gasteiger partial charge is 0.170 e. The lowest BCUT2D eigenvalue weighted by molar-refractivity contribution is 0.0849. The predicted molar refractivity (Wildman–Crippen MR) is 97.9 cm³/mol. The minimum absolute atomic E-state index is 0.0296. The second-order valence-electron chi connectivity index (χ2n) is 6.55. The maximum absolute atomic E-state index is 12.7. The summed E-state index contributed by atoms with van der Waals surface area (Å²) in [6, 6.07) is 10.1. The molecule has 0 bridgehead atoms. The average Bonchev–Trinajstić information content (AvgIpc) is 2.62. The minimum Gasteiger partial charge on any atom is -0.508 e. The standard InChI is InChI=1S/C21H22O5/c1-12(2)17(23)9-14-8-16-18(24)10-20(13-4-6-15(22)7-5-13)26-21(16)11-19(14)25-3/h4-8,11,17,20,22-23H,1,9-10H2,2-3H3. The number of benzene rings is 2. The van der Waals surface area contributed by atoms with Gasteiger partial charge in [0.25, 0.3) is 0 Å². The van der Waals surface area contributed by atoms with Gasteiger partial charge in [-0.2, -0.15) is 0 Å². The van der Waals surface area contributed by atoms with Crippen LogP contribution >= 0.6 is 0 Å². The molecule has 0 amide bonds. The second-order valence-corrected chi connectivity index (χ2v) is 6.55. The topological polar surface area (TPSA) is 76.0 Å². The van der Waals surface area contributed by atoms with Crippen molar-refractivity contribution in [3.63, 3.8) is 0 Å². The van der Waals surface area contributed by atoms with Crippen molar-refractivity contribution < 1.29 is 24.5 Å². The molecule has 26 heavy (non-hydrogen) atoms. The molecule has 5 heteroatoms. The number of hydrogen-bond acceptors (Lipinski definition) is 5. The average molecular weight is 354 g/mol. The predicted octanol–water partition coefficient (Wildman–Crippen LogP) is 3.59. The second kappa shape index (κ2) is 7.22. The van der Waals surface area contributed by atoms with Crippen LogP contribution in [-0.4, -0.2) is 29.2 Å². The lowest BCUT2D eigenvalue weighted by atomic mass is 9.93. The van der Waals surface area contributed by atoms with Crippen LogP contribution in [0.2, 0.25) is 0 Å². The molecule has 2 unspecified atom stereocenters. The number of aliphatic hydroxyl groups is 1. The molecule has 0 saturated carbocycles. The van der Waals surface area contributed by atoms with Gasteiger partial charge in [0.2, 0.25) is 0 Å². The maximum Gasteiger partial charge on any atom is 0.170 e. The van der Waals surface area contributed by atoms with Gasteiger partial charge < -0.3 is 19.7 Å². The van der Waals surface area contributed by atoms with Crippen molar-refractivity contribution in [3.05, 3.63) is 65.2 Å². The summed E-state index contributed by atoms with van der Waals surface area (Å²) >= 11 is 0. The zero-order valence-electron chi connectivity index (χ0n) is 14.9. The van der Waals surface area contributed by atoms with Crippen LogP contribution in [0.1, 0.15) is 40.9 Å². The number of hydrogen-bond donors (Lipinski definition) is 2. The lowest BCUT2D eigenvalue weighted by Gasteiger charge is -2.27. The number of phenols is 1. The minimum atomic E-state index is -0.702. The Balaban J connectivity index is 1.93. The SMILES string of the molecule is C=C(C)C(O)Cc1cc2c(cc1OC)OC(c1ccc(O)cc1)CC2=O. The third kappa shape index (κ3) is 3.58. The Kier molecular flexibility index (Phi) is 5.00. The van der Waals surface area contributed by atoms with Crippen molar-refractivity contribution in [2.75, 3.05) is 7.11 Å². The molecule has 3 rings (SSSR count). The maximum atomic E-state index is 12.7. The van der Waals surface area contributed by atoms with E-state index in [1.165, 1.54) is 0 Å². The number of carbonyl (C=O) groups is 1. The van der Waals surface area contributed by atoms with Crippen molar-refractivity contribution in [3.8, 4) is 17.2 Å². The van der Waals surface area contributed by atoms with Crippen molar-refractivity contribution in [2.24, 2.45) is 0 Å². The van der Waals surface area contributed by atoms with Crippen LogP contribution in [-0.2, 0) is 6.42 Å². The summed E-state index contributed by atoms with van der Waals surface area (Å²) in [5, 5.41) is 19.5. The van der Waals surface area contributed by atoms with Crippen molar-refractivity contribution in [2.45, 2.75) is 32.0 Å². The normalized spacial score (nSPS) is 17.2. The molecule has 0 radical (unpaired) electrons.